The third kappa shape index (κ3) is 2.67. The van der Waals surface area contributed by atoms with Gasteiger partial charge in [0.25, 0.3) is 5.91 Å². The van der Waals surface area contributed by atoms with Crippen LogP contribution in [0, 0.1) is 0 Å². The molecule has 0 aromatic heterocycles. The highest BCUT2D eigenvalue weighted by Gasteiger charge is 2.25. The highest BCUT2D eigenvalue weighted by molar-refractivity contribution is 9.10. The Morgan fingerprint density at radius 2 is 2.33 bits per heavy atom. The minimum Gasteiger partial charge on any atom is -0.496 e. The van der Waals surface area contributed by atoms with Gasteiger partial charge in [0, 0.05) is 12.1 Å². The van der Waals surface area contributed by atoms with Gasteiger partial charge in [-0.15, -0.1) is 0 Å². The number of carbonyl (C=O) groups is 1. The number of halogens is 1. The first-order valence-electron chi connectivity index (χ1n) is 5.85. The van der Waals surface area contributed by atoms with E-state index in [1.165, 1.54) is 0 Å². The summed E-state index contributed by atoms with van der Waals surface area (Å²) in [5.74, 6) is 0.760. The Morgan fingerprint density at radius 1 is 1.56 bits per heavy atom. The van der Waals surface area contributed by atoms with E-state index in [9.17, 15) is 4.79 Å². The molecule has 1 amide bonds. The van der Waals surface area contributed by atoms with Gasteiger partial charge in [0.2, 0.25) is 0 Å². The number of ether oxygens (including phenoxy) is 2. The summed E-state index contributed by atoms with van der Waals surface area (Å²) in [5.41, 5.74) is 0.663. The molecule has 1 aromatic rings. The lowest BCUT2D eigenvalue weighted by molar-refractivity contribution is 0.00359. The maximum absolute atomic E-state index is 12.4. The van der Waals surface area contributed by atoms with Gasteiger partial charge < -0.3 is 14.4 Å². The van der Waals surface area contributed by atoms with E-state index in [4.69, 9.17) is 9.47 Å². The molecule has 98 valence electrons. The first-order valence-corrected chi connectivity index (χ1v) is 6.65. The van der Waals surface area contributed by atoms with Crippen LogP contribution >= 0.6 is 15.9 Å². The van der Waals surface area contributed by atoms with Gasteiger partial charge in [0.15, 0.2) is 0 Å². The third-order valence-corrected chi connectivity index (χ3v) is 3.65. The number of methoxy groups -OCH3 is 1. The Bertz CT molecular complexity index is 450. The Kier molecular flexibility index (Phi) is 4.24. The van der Waals surface area contributed by atoms with Gasteiger partial charge in [0.05, 0.1) is 30.8 Å². The molecule has 1 aliphatic rings. The van der Waals surface area contributed by atoms with Crippen molar-refractivity contribution in [1.82, 2.24) is 4.90 Å². The monoisotopic (exact) mass is 313 g/mol. The predicted molar refractivity (Wildman–Crippen MR) is 72.0 cm³/mol. The van der Waals surface area contributed by atoms with Gasteiger partial charge in [0.1, 0.15) is 5.75 Å². The zero-order chi connectivity index (χ0) is 13.1. The normalized spacial score (nSPS) is 19.7. The van der Waals surface area contributed by atoms with E-state index in [0.29, 0.717) is 25.3 Å². The minimum absolute atomic E-state index is 0.0363. The van der Waals surface area contributed by atoms with Crippen molar-refractivity contribution in [3.05, 3.63) is 28.2 Å². The predicted octanol–water partition coefficient (Wildman–Crippen LogP) is 2.32. The van der Waals surface area contributed by atoms with Crippen LogP contribution in [0.15, 0.2) is 22.7 Å². The molecule has 0 spiro atoms. The number of hydrogen-bond donors (Lipinski definition) is 0. The molecule has 0 N–H and O–H groups in total. The fourth-order valence-electron chi connectivity index (χ4n) is 1.99. The van der Waals surface area contributed by atoms with E-state index in [1.807, 2.05) is 11.8 Å². The molecule has 1 saturated heterocycles. The number of hydrogen-bond acceptors (Lipinski definition) is 3. The van der Waals surface area contributed by atoms with E-state index in [1.54, 1.807) is 25.3 Å². The smallest absolute Gasteiger partial charge is 0.254 e. The molecular formula is C13H16BrNO3. The van der Waals surface area contributed by atoms with Crippen LogP contribution in [0.4, 0.5) is 0 Å². The Balaban J connectivity index is 2.20. The third-order valence-electron chi connectivity index (χ3n) is 3.03. The zero-order valence-electron chi connectivity index (χ0n) is 10.5. The second kappa shape index (κ2) is 5.71. The van der Waals surface area contributed by atoms with E-state index in [2.05, 4.69) is 15.9 Å². The minimum atomic E-state index is 0.0363. The maximum atomic E-state index is 12.4. The van der Waals surface area contributed by atoms with Crippen molar-refractivity contribution in [2.24, 2.45) is 0 Å². The standard InChI is InChI=1S/C13H16BrNO3/c1-9-8-18-6-5-15(9)13(16)10-3-4-12(17-2)11(14)7-10/h3-4,7,9H,5-6,8H2,1-2H3. The SMILES string of the molecule is COc1ccc(C(=O)N2CCOCC2C)cc1Br. The van der Waals surface area contributed by atoms with Crippen LogP contribution in [0.3, 0.4) is 0 Å². The molecule has 4 nitrogen and oxygen atoms in total. The molecular weight excluding hydrogens is 298 g/mol. The zero-order valence-corrected chi connectivity index (χ0v) is 12.1. The van der Waals surface area contributed by atoms with Crippen molar-refractivity contribution < 1.29 is 14.3 Å². The van der Waals surface area contributed by atoms with Crippen LogP contribution in [0.5, 0.6) is 5.75 Å². The maximum Gasteiger partial charge on any atom is 0.254 e. The number of nitrogens with zero attached hydrogens (tertiary/aromatic N) is 1. The average molecular weight is 314 g/mol. The van der Waals surface area contributed by atoms with Crippen molar-refractivity contribution >= 4 is 21.8 Å². The van der Waals surface area contributed by atoms with Gasteiger partial charge in [-0.2, -0.15) is 0 Å². The van der Waals surface area contributed by atoms with Gasteiger partial charge in [-0.25, -0.2) is 0 Å². The largest absolute Gasteiger partial charge is 0.496 e. The van der Waals surface area contributed by atoms with Crippen LogP contribution in [-0.2, 0) is 4.74 Å². The van der Waals surface area contributed by atoms with E-state index in [-0.39, 0.29) is 11.9 Å². The summed E-state index contributed by atoms with van der Waals surface area (Å²) in [6.07, 6.45) is 0. The molecule has 0 aliphatic carbocycles. The van der Waals surface area contributed by atoms with Crippen LogP contribution < -0.4 is 4.74 Å². The molecule has 0 saturated carbocycles. The molecule has 5 heteroatoms. The Hall–Kier alpha value is -1.07. The highest BCUT2D eigenvalue weighted by atomic mass is 79.9. The molecule has 18 heavy (non-hydrogen) atoms. The van der Waals surface area contributed by atoms with Crippen molar-refractivity contribution in [2.75, 3.05) is 26.9 Å². The molecule has 0 bridgehead atoms. The molecule has 1 unspecified atom stereocenters. The summed E-state index contributed by atoms with van der Waals surface area (Å²) >= 11 is 3.39. The number of rotatable bonds is 2. The Morgan fingerprint density at radius 3 is 2.94 bits per heavy atom. The molecule has 1 heterocycles. The van der Waals surface area contributed by atoms with Crippen molar-refractivity contribution in [3.8, 4) is 5.75 Å². The molecule has 1 atom stereocenters. The number of carbonyl (C=O) groups excluding carboxylic acids is 1. The molecule has 1 aliphatic heterocycles. The highest BCUT2D eigenvalue weighted by Crippen LogP contribution is 2.26. The van der Waals surface area contributed by atoms with Crippen molar-refractivity contribution in [2.45, 2.75) is 13.0 Å². The first kappa shape index (κ1) is 13.4. The Labute approximate surface area is 115 Å². The van der Waals surface area contributed by atoms with Crippen LogP contribution in [0.25, 0.3) is 0 Å². The molecule has 0 radical (unpaired) electrons. The van der Waals surface area contributed by atoms with Crippen LogP contribution in [0.2, 0.25) is 0 Å². The number of amides is 1. The van der Waals surface area contributed by atoms with E-state index < -0.39 is 0 Å². The van der Waals surface area contributed by atoms with Crippen molar-refractivity contribution in [1.29, 1.82) is 0 Å². The van der Waals surface area contributed by atoms with Crippen LogP contribution in [-0.4, -0.2) is 43.7 Å². The van der Waals surface area contributed by atoms with Gasteiger partial charge in [-0.3, -0.25) is 4.79 Å². The average Bonchev–Trinajstić information content (AvgIpc) is 2.38. The summed E-state index contributed by atoms with van der Waals surface area (Å²) < 4.78 is 11.3. The van der Waals surface area contributed by atoms with Crippen molar-refractivity contribution in [3.63, 3.8) is 0 Å². The lowest BCUT2D eigenvalue weighted by Crippen LogP contribution is -2.47. The molecule has 1 fully saturated rings. The fraction of sp³-hybridized carbons (Fsp3) is 0.462. The van der Waals surface area contributed by atoms with E-state index in [0.717, 1.165) is 10.2 Å². The summed E-state index contributed by atoms with van der Waals surface area (Å²) in [6, 6.07) is 5.49. The van der Waals surface area contributed by atoms with Gasteiger partial charge >= 0.3 is 0 Å². The lowest BCUT2D eigenvalue weighted by Gasteiger charge is -2.33. The summed E-state index contributed by atoms with van der Waals surface area (Å²) in [4.78, 5) is 14.2. The number of benzene rings is 1. The summed E-state index contributed by atoms with van der Waals surface area (Å²) in [6.45, 7) is 3.84. The van der Waals surface area contributed by atoms with E-state index >= 15 is 0 Å². The first-order chi connectivity index (χ1) is 8.63. The van der Waals surface area contributed by atoms with Crippen LogP contribution in [0.1, 0.15) is 17.3 Å². The topological polar surface area (TPSA) is 38.8 Å². The van der Waals surface area contributed by atoms with Gasteiger partial charge in [-0.1, -0.05) is 0 Å². The number of morpholine rings is 1. The fourth-order valence-corrected chi connectivity index (χ4v) is 2.53. The lowest BCUT2D eigenvalue weighted by atomic mass is 10.1. The molecule has 2 rings (SSSR count). The second-order valence-corrected chi connectivity index (χ2v) is 5.13. The molecule has 1 aromatic carbocycles. The summed E-state index contributed by atoms with van der Waals surface area (Å²) in [5, 5.41) is 0. The second-order valence-electron chi connectivity index (χ2n) is 4.27. The summed E-state index contributed by atoms with van der Waals surface area (Å²) in [7, 11) is 1.60. The van der Waals surface area contributed by atoms with Gasteiger partial charge in [-0.05, 0) is 41.1 Å². The quantitative estimate of drug-likeness (QED) is 0.841.